The second-order valence-electron chi connectivity index (χ2n) is 23.0. The van der Waals surface area contributed by atoms with Crippen LogP contribution in [0, 0.1) is 11.8 Å². The van der Waals surface area contributed by atoms with Gasteiger partial charge in [-0.2, -0.15) is 0 Å². The second kappa shape index (κ2) is 31.9. The van der Waals surface area contributed by atoms with E-state index >= 15 is 0 Å². The van der Waals surface area contributed by atoms with E-state index in [4.69, 9.17) is 61.6 Å². The minimum absolute atomic E-state index is 0.0398. The number of rotatable bonds is 17. The molecular weight excluding hydrogens is 1070 g/mol. The molecule has 0 unspecified atom stereocenters. The molecule has 28 atom stereocenters. The van der Waals surface area contributed by atoms with Crippen LogP contribution in [0.3, 0.4) is 0 Å². The molecule has 0 aromatic rings. The number of aliphatic hydroxyl groups excluding tert-OH is 9. The summed E-state index contributed by atoms with van der Waals surface area (Å²) in [5, 5.41) is 101. The lowest BCUT2D eigenvalue weighted by Crippen LogP contribution is -2.68. The number of esters is 3. The normalized spacial score (nSPS) is 44.2. The standard InChI is InChI=1S/C56H96O25/c1-10-13-19-22-32-23-20-17-15-14-16-18-21-24-34(58)75-47-42(66)44(30(8)71-55(47)80-46-38(62)35(59)28(6)69-54(46)73-32)78-56-49(77-51(68)27(5)12-3)48(81-53-40(64)37(61)36(60)33(25-57)74-53)45(31(9)72-56)79-52-41(65)39(63)43(29(7)70-52)76-50(67)26(4)11-2/h26-33,35-49,52-57,59-66H,10-25H2,1-9H3/t26-,27-,28+,29-,30-,31-,32-,33+,35-,36-,37-,38-,39-,40+,41+,42+,43-,44-,45-,46+,47+,48+,49+,52-,53-,54-,55-,56-/m0/s1. The van der Waals surface area contributed by atoms with Crippen molar-refractivity contribution in [2.24, 2.45) is 11.8 Å². The SMILES string of the molecule is CCCCC[C@H]1CCCCCCCCCC(=O)O[C@H]2[C@H](O[C@H]3[C@H](O1)O[C@H](C)[C@H](O)[C@@H]3O)O[C@@H](C)[C@H](O[C@@H]1O[C@@H](C)[C@H](O[C@@H]3O[C@@H](C)[C@H](OC(=O)[C@@H](C)CC)[C@@H](O)[C@H]3O)[C@@H](O[C@@H]3O[C@H](CO)[C@H](O)[C@H](O)[C@H]3O)[C@H]1OC(=O)[C@@H](C)CC)[C@H]2O. The molecule has 0 aromatic carbocycles. The first-order valence-corrected chi connectivity index (χ1v) is 29.8. The molecule has 0 saturated carbocycles. The zero-order valence-electron chi connectivity index (χ0n) is 48.5. The van der Waals surface area contributed by atoms with Crippen molar-refractivity contribution in [3.8, 4) is 0 Å². The van der Waals surface area contributed by atoms with E-state index in [2.05, 4.69) is 6.92 Å². The van der Waals surface area contributed by atoms with Crippen molar-refractivity contribution in [1.29, 1.82) is 0 Å². The van der Waals surface area contributed by atoms with Crippen LogP contribution >= 0.6 is 0 Å². The molecule has 25 heteroatoms. The maximum absolute atomic E-state index is 14.1. The minimum Gasteiger partial charge on any atom is -0.457 e. The average Bonchev–Trinajstić information content (AvgIpc) is 3.50. The van der Waals surface area contributed by atoms with Crippen LogP contribution in [0.5, 0.6) is 0 Å². The number of fused-ring (bicyclic) bond motifs is 2. The molecular formula is C56H96O25. The van der Waals surface area contributed by atoms with Gasteiger partial charge in [0.25, 0.3) is 0 Å². The number of ether oxygens (including phenoxy) is 13. The summed E-state index contributed by atoms with van der Waals surface area (Å²) in [5.74, 6) is -3.50. The summed E-state index contributed by atoms with van der Waals surface area (Å²) >= 11 is 0. The highest BCUT2D eigenvalue weighted by Crippen LogP contribution is 2.39. The van der Waals surface area contributed by atoms with Crippen LogP contribution in [0.4, 0.5) is 0 Å². The van der Waals surface area contributed by atoms with Crippen LogP contribution in [0.2, 0.25) is 0 Å². The number of unbranched alkanes of at least 4 members (excludes halogenated alkanes) is 2. The maximum atomic E-state index is 14.1. The smallest absolute Gasteiger partial charge is 0.309 e. The van der Waals surface area contributed by atoms with Crippen LogP contribution < -0.4 is 0 Å². The fourth-order valence-corrected chi connectivity index (χ4v) is 11.0. The van der Waals surface area contributed by atoms with E-state index in [9.17, 15) is 60.3 Å². The molecule has 6 rings (SSSR count). The van der Waals surface area contributed by atoms with Gasteiger partial charge in [0, 0.05) is 6.42 Å². The molecule has 0 spiro atoms. The van der Waals surface area contributed by atoms with Crippen molar-refractivity contribution in [1.82, 2.24) is 0 Å². The Morgan fingerprint density at radius 1 is 0.506 bits per heavy atom. The van der Waals surface area contributed by atoms with Gasteiger partial charge in [-0.05, 0) is 59.8 Å². The van der Waals surface area contributed by atoms with Crippen LogP contribution in [-0.4, -0.2) is 230 Å². The van der Waals surface area contributed by atoms with Gasteiger partial charge in [-0.1, -0.05) is 92.4 Å². The first-order chi connectivity index (χ1) is 38.5. The molecule has 6 aliphatic heterocycles. The molecule has 6 saturated heterocycles. The third kappa shape index (κ3) is 17.2. The van der Waals surface area contributed by atoms with E-state index in [1.807, 2.05) is 0 Å². The average molecular weight is 1170 g/mol. The van der Waals surface area contributed by atoms with Gasteiger partial charge in [0.2, 0.25) is 0 Å². The van der Waals surface area contributed by atoms with Crippen molar-refractivity contribution in [3.05, 3.63) is 0 Å². The number of carbonyl (C=O) groups excluding carboxylic acids is 3. The predicted octanol–water partition coefficient (Wildman–Crippen LogP) is 1.43. The van der Waals surface area contributed by atoms with Gasteiger partial charge < -0.3 is 108 Å². The molecule has 0 radical (unpaired) electrons. The highest BCUT2D eigenvalue weighted by molar-refractivity contribution is 5.72. The van der Waals surface area contributed by atoms with Gasteiger partial charge in [0.15, 0.2) is 49.8 Å². The Bertz CT molecular complexity index is 1900. The van der Waals surface area contributed by atoms with E-state index in [0.29, 0.717) is 25.7 Å². The summed E-state index contributed by atoms with van der Waals surface area (Å²) < 4.78 is 81.3. The van der Waals surface area contributed by atoms with Gasteiger partial charge in [-0.3, -0.25) is 14.4 Å². The van der Waals surface area contributed by atoms with Crippen LogP contribution in [0.1, 0.15) is 159 Å². The number of aliphatic hydroxyl groups is 9. The summed E-state index contributed by atoms with van der Waals surface area (Å²) in [6, 6.07) is 0. The monoisotopic (exact) mass is 1170 g/mol. The predicted molar refractivity (Wildman–Crippen MR) is 280 cm³/mol. The third-order valence-electron chi connectivity index (χ3n) is 16.7. The third-order valence-corrected chi connectivity index (χ3v) is 16.7. The van der Waals surface area contributed by atoms with Crippen LogP contribution in [0.15, 0.2) is 0 Å². The Kier molecular flexibility index (Phi) is 26.7. The highest BCUT2D eigenvalue weighted by Gasteiger charge is 2.59. The van der Waals surface area contributed by atoms with E-state index < -0.39 is 190 Å². The maximum Gasteiger partial charge on any atom is 0.309 e. The van der Waals surface area contributed by atoms with Crippen molar-refractivity contribution in [2.75, 3.05) is 6.61 Å². The number of hydrogen-bond acceptors (Lipinski definition) is 25. The molecule has 9 N–H and O–H groups in total. The lowest BCUT2D eigenvalue weighted by atomic mass is 9.95. The molecule has 470 valence electrons. The minimum atomic E-state index is -2.02. The Balaban J connectivity index is 1.35. The molecule has 0 aromatic heterocycles. The van der Waals surface area contributed by atoms with E-state index in [1.54, 1.807) is 34.6 Å². The Labute approximate surface area is 475 Å². The van der Waals surface area contributed by atoms with Gasteiger partial charge in [0.1, 0.15) is 79.4 Å². The quantitative estimate of drug-likeness (QED) is 0.0565. The Morgan fingerprint density at radius 3 is 1.68 bits per heavy atom. The molecule has 6 fully saturated rings. The molecule has 0 bridgehead atoms. The highest BCUT2D eigenvalue weighted by atomic mass is 16.8. The molecule has 6 aliphatic rings. The van der Waals surface area contributed by atoms with Gasteiger partial charge >= 0.3 is 17.9 Å². The Hall–Kier alpha value is -2.35. The van der Waals surface area contributed by atoms with Gasteiger partial charge in [0.05, 0.1) is 49.0 Å². The summed E-state index contributed by atoms with van der Waals surface area (Å²) in [7, 11) is 0. The van der Waals surface area contributed by atoms with E-state index in [0.717, 1.165) is 57.8 Å². The summed E-state index contributed by atoms with van der Waals surface area (Å²) in [6.07, 6.45) is -29.2. The van der Waals surface area contributed by atoms with Crippen molar-refractivity contribution in [3.63, 3.8) is 0 Å². The van der Waals surface area contributed by atoms with E-state index in [-0.39, 0.29) is 18.9 Å². The summed E-state index contributed by atoms with van der Waals surface area (Å²) in [5.41, 5.74) is 0. The first kappa shape index (κ1) is 67.8. The fraction of sp³-hybridized carbons (Fsp3) is 0.946. The van der Waals surface area contributed by atoms with Crippen molar-refractivity contribution < 1.29 is 122 Å². The van der Waals surface area contributed by atoms with Crippen molar-refractivity contribution >= 4 is 17.9 Å². The molecule has 0 amide bonds. The number of carbonyl (C=O) groups is 3. The lowest BCUT2D eigenvalue weighted by Gasteiger charge is -2.51. The second-order valence-corrected chi connectivity index (χ2v) is 23.0. The fourth-order valence-electron chi connectivity index (χ4n) is 11.0. The molecule has 81 heavy (non-hydrogen) atoms. The summed E-state index contributed by atoms with van der Waals surface area (Å²) in [6.45, 7) is 14.0. The number of hydrogen-bond donors (Lipinski definition) is 9. The van der Waals surface area contributed by atoms with Gasteiger partial charge in [-0.15, -0.1) is 0 Å². The zero-order chi connectivity index (χ0) is 59.4. The largest absolute Gasteiger partial charge is 0.457 e. The topological polar surface area (TPSA) is 353 Å². The van der Waals surface area contributed by atoms with Crippen molar-refractivity contribution in [2.45, 2.75) is 318 Å². The first-order valence-electron chi connectivity index (χ1n) is 29.8. The summed E-state index contributed by atoms with van der Waals surface area (Å²) in [4.78, 5) is 40.7. The van der Waals surface area contributed by atoms with Crippen LogP contribution in [-0.2, 0) is 76.0 Å². The van der Waals surface area contributed by atoms with Crippen LogP contribution in [0.25, 0.3) is 0 Å². The molecule has 25 nitrogen and oxygen atoms in total. The molecule has 6 heterocycles. The van der Waals surface area contributed by atoms with E-state index in [1.165, 1.54) is 20.8 Å². The zero-order valence-corrected chi connectivity index (χ0v) is 48.5. The lowest BCUT2D eigenvalue weighted by molar-refractivity contribution is -0.400. The van der Waals surface area contributed by atoms with Gasteiger partial charge in [-0.25, -0.2) is 0 Å². The molecule has 0 aliphatic carbocycles. The Morgan fingerprint density at radius 2 is 1.04 bits per heavy atom.